The molecule has 4 rings (SSSR count). The van der Waals surface area contributed by atoms with E-state index in [1.54, 1.807) is 0 Å². The molecular formula is C29H31ClN2O4. The molecule has 3 aromatic carbocycles. The van der Waals surface area contributed by atoms with E-state index in [-0.39, 0.29) is 5.92 Å². The van der Waals surface area contributed by atoms with Crippen LogP contribution in [0.15, 0.2) is 71.9 Å². The second-order valence-electron chi connectivity index (χ2n) is 9.35. The van der Waals surface area contributed by atoms with Gasteiger partial charge in [-0.3, -0.25) is 9.69 Å². The highest BCUT2D eigenvalue weighted by molar-refractivity contribution is 6.30. The maximum Gasteiger partial charge on any atom is 0.309 e. The van der Waals surface area contributed by atoms with Crippen molar-refractivity contribution in [1.29, 1.82) is 0 Å². The number of oxime groups is 1. The van der Waals surface area contributed by atoms with Gasteiger partial charge in [0, 0.05) is 24.7 Å². The first kappa shape index (κ1) is 25.7. The quantitative estimate of drug-likeness (QED) is 0.262. The molecule has 36 heavy (non-hydrogen) atoms. The number of likely N-dealkylation sites (tertiary alicyclic amines) is 1. The van der Waals surface area contributed by atoms with Crippen LogP contribution in [-0.2, 0) is 22.8 Å². The molecule has 1 N–H and O–H groups in total. The standard InChI is InChI=1S/C29H31ClN2O4/c1-19-7-12-27(13-20(19)2)36-28(24-5-4-6-26(30)14-24)21(3)31-35-18-23-10-8-22(9-11-23)15-32-16-25(17-32)29(33)34/h4-14,25,28H,15-18H2,1-3H3,(H,33,34)/b31-21+. The third-order valence-corrected chi connectivity index (χ3v) is 6.67. The maximum atomic E-state index is 11.0. The Morgan fingerprint density at radius 1 is 1.06 bits per heavy atom. The second kappa shape index (κ2) is 11.6. The van der Waals surface area contributed by atoms with E-state index < -0.39 is 12.1 Å². The molecule has 7 heteroatoms. The summed E-state index contributed by atoms with van der Waals surface area (Å²) in [6.07, 6.45) is -0.445. The fourth-order valence-electron chi connectivity index (χ4n) is 4.10. The number of hydrogen-bond acceptors (Lipinski definition) is 5. The van der Waals surface area contributed by atoms with Crippen LogP contribution in [0.3, 0.4) is 0 Å². The molecule has 1 aliphatic rings. The highest BCUT2D eigenvalue weighted by atomic mass is 35.5. The van der Waals surface area contributed by atoms with E-state index in [0.29, 0.717) is 30.4 Å². The van der Waals surface area contributed by atoms with Gasteiger partial charge in [-0.1, -0.05) is 59.2 Å². The minimum atomic E-state index is -0.716. The molecule has 1 heterocycles. The number of halogens is 1. The van der Waals surface area contributed by atoms with Crippen LogP contribution in [0, 0.1) is 19.8 Å². The lowest BCUT2D eigenvalue weighted by molar-refractivity contribution is -0.147. The van der Waals surface area contributed by atoms with E-state index in [1.165, 1.54) is 5.56 Å². The molecule has 0 aliphatic carbocycles. The van der Waals surface area contributed by atoms with Crippen LogP contribution in [0.5, 0.6) is 5.75 Å². The van der Waals surface area contributed by atoms with Gasteiger partial charge in [0.2, 0.25) is 0 Å². The van der Waals surface area contributed by atoms with E-state index in [9.17, 15) is 4.79 Å². The Kier molecular flexibility index (Phi) is 8.28. The van der Waals surface area contributed by atoms with Gasteiger partial charge in [-0.15, -0.1) is 0 Å². The van der Waals surface area contributed by atoms with Crippen molar-refractivity contribution in [3.63, 3.8) is 0 Å². The molecule has 1 unspecified atom stereocenters. The van der Waals surface area contributed by atoms with E-state index in [0.717, 1.165) is 34.5 Å². The number of carboxylic acids is 1. The molecule has 0 saturated carbocycles. The Morgan fingerprint density at radius 3 is 2.44 bits per heavy atom. The number of rotatable bonds is 10. The Balaban J connectivity index is 1.38. The molecule has 1 saturated heterocycles. The predicted octanol–water partition coefficient (Wildman–Crippen LogP) is 6.19. The minimum absolute atomic E-state index is 0.242. The van der Waals surface area contributed by atoms with E-state index in [2.05, 4.69) is 23.9 Å². The van der Waals surface area contributed by atoms with Crippen LogP contribution in [0.25, 0.3) is 0 Å². The Morgan fingerprint density at radius 2 is 1.78 bits per heavy atom. The largest absolute Gasteiger partial charge is 0.481 e. The summed E-state index contributed by atoms with van der Waals surface area (Å²) in [4.78, 5) is 18.8. The number of hydrogen-bond donors (Lipinski definition) is 1. The summed E-state index contributed by atoms with van der Waals surface area (Å²) in [5.74, 6) is -0.204. The van der Waals surface area contributed by atoms with Gasteiger partial charge in [-0.25, -0.2) is 0 Å². The van der Waals surface area contributed by atoms with Crippen LogP contribution in [0.2, 0.25) is 5.02 Å². The zero-order valence-electron chi connectivity index (χ0n) is 20.8. The normalized spacial score (nSPS) is 15.3. The van der Waals surface area contributed by atoms with Crippen molar-refractivity contribution >= 4 is 23.3 Å². The van der Waals surface area contributed by atoms with Crippen molar-refractivity contribution in [2.75, 3.05) is 13.1 Å². The van der Waals surface area contributed by atoms with Gasteiger partial charge in [0.25, 0.3) is 0 Å². The summed E-state index contributed by atoms with van der Waals surface area (Å²) in [6, 6.07) is 21.7. The van der Waals surface area contributed by atoms with Crippen molar-refractivity contribution < 1.29 is 19.5 Å². The minimum Gasteiger partial charge on any atom is -0.481 e. The van der Waals surface area contributed by atoms with Crippen LogP contribution in [-0.4, -0.2) is 34.8 Å². The van der Waals surface area contributed by atoms with Crippen molar-refractivity contribution in [1.82, 2.24) is 4.90 Å². The number of nitrogens with zero attached hydrogens (tertiary/aromatic N) is 2. The van der Waals surface area contributed by atoms with Crippen molar-refractivity contribution in [3.8, 4) is 5.75 Å². The van der Waals surface area contributed by atoms with E-state index in [1.807, 2.05) is 73.7 Å². The van der Waals surface area contributed by atoms with Crippen LogP contribution >= 0.6 is 11.6 Å². The lowest BCUT2D eigenvalue weighted by Crippen LogP contribution is -2.49. The molecule has 0 radical (unpaired) electrons. The summed E-state index contributed by atoms with van der Waals surface area (Å²) < 4.78 is 6.34. The van der Waals surface area contributed by atoms with Gasteiger partial charge in [-0.2, -0.15) is 0 Å². The smallest absolute Gasteiger partial charge is 0.309 e. The lowest BCUT2D eigenvalue weighted by Gasteiger charge is -2.36. The molecule has 0 amide bonds. The fraction of sp³-hybridized carbons (Fsp3) is 0.310. The lowest BCUT2D eigenvalue weighted by atomic mass is 9.99. The maximum absolute atomic E-state index is 11.0. The zero-order valence-corrected chi connectivity index (χ0v) is 21.5. The Bertz CT molecular complexity index is 1240. The van der Waals surface area contributed by atoms with Gasteiger partial charge in [0.1, 0.15) is 12.4 Å². The Hall–Kier alpha value is -3.35. The highest BCUT2D eigenvalue weighted by Gasteiger charge is 2.32. The van der Waals surface area contributed by atoms with Gasteiger partial charge >= 0.3 is 5.97 Å². The van der Waals surface area contributed by atoms with Gasteiger partial charge in [-0.05, 0) is 72.9 Å². The third kappa shape index (κ3) is 6.65. The number of ether oxygens (including phenoxy) is 1. The number of carbonyl (C=O) groups is 1. The van der Waals surface area contributed by atoms with Crippen molar-refractivity contribution in [2.24, 2.45) is 11.1 Å². The molecule has 3 aromatic rings. The number of aliphatic carboxylic acids is 1. The number of aryl methyl sites for hydroxylation is 2. The SMILES string of the molecule is C/C(=N\OCc1ccc(CN2CC(C(=O)O)C2)cc1)C(Oc1ccc(C)c(C)c1)c1cccc(Cl)c1. The summed E-state index contributed by atoms with van der Waals surface area (Å²) >= 11 is 6.25. The first-order chi connectivity index (χ1) is 17.3. The molecule has 1 aliphatic heterocycles. The molecule has 0 aromatic heterocycles. The first-order valence-electron chi connectivity index (χ1n) is 12.0. The fourth-order valence-corrected chi connectivity index (χ4v) is 4.30. The molecular weight excluding hydrogens is 476 g/mol. The number of carboxylic acid groups (broad SMARTS) is 1. The first-order valence-corrected chi connectivity index (χ1v) is 12.3. The summed E-state index contributed by atoms with van der Waals surface area (Å²) in [7, 11) is 0. The average Bonchev–Trinajstić information content (AvgIpc) is 2.82. The van der Waals surface area contributed by atoms with E-state index in [4.69, 9.17) is 26.3 Å². The number of benzene rings is 3. The second-order valence-corrected chi connectivity index (χ2v) is 9.79. The predicted molar refractivity (Wildman–Crippen MR) is 141 cm³/mol. The average molecular weight is 507 g/mol. The van der Waals surface area contributed by atoms with Crippen LogP contribution in [0.1, 0.15) is 40.8 Å². The molecule has 0 spiro atoms. The topological polar surface area (TPSA) is 71.4 Å². The molecule has 6 nitrogen and oxygen atoms in total. The molecule has 0 bridgehead atoms. The van der Waals surface area contributed by atoms with Gasteiger partial charge < -0.3 is 14.7 Å². The van der Waals surface area contributed by atoms with Crippen LogP contribution in [0.4, 0.5) is 0 Å². The monoisotopic (exact) mass is 506 g/mol. The molecule has 1 atom stereocenters. The highest BCUT2D eigenvalue weighted by Crippen LogP contribution is 2.27. The Labute approximate surface area is 217 Å². The van der Waals surface area contributed by atoms with Crippen molar-refractivity contribution in [3.05, 3.63) is 99.6 Å². The zero-order chi connectivity index (χ0) is 25.7. The third-order valence-electron chi connectivity index (χ3n) is 6.44. The summed E-state index contributed by atoms with van der Waals surface area (Å²) in [6.45, 7) is 8.29. The molecule has 1 fully saturated rings. The van der Waals surface area contributed by atoms with Gasteiger partial charge in [0.05, 0.1) is 11.6 Å². The summed E-state index contributed by atoms with van der Waals surface area (Å²) in [5, 5.41) is 14.0. The van der Waals surface area contributed by atoms with Crippen LogP contribution < -0.4 is 4.74 Å². The van der Waals surface area contributed by atoms with Gasteiger partial charge in [0.15, 0.2) is 6.10 Å². The van der Waals surface area contributed by atoms with E-state index >= 15 is 0 Å². The van der Waals surface area contributed by atoms with Crippen molar-refractivity contribution in [2.45, 2.75) is 40.0 Å². The summed E-state index contributed by atoms with van der Waals surface area (Å²) in [5.41, 5.74) is 6.07. The molecule has 188 valence electrons.